The third-order valence-corrected chi connectivity index (χ3v) is 5.19. The number of aliphatic hydroxyl groups excluding tert-OH is 1. The van der Waals surface area contributed by atoms with Gasteiger partial charge in [-0.15, -0.1) is 0 Å². The number of phenols is 2. The molecule has 0 bridgehead atoms. The number of benzene rings is 2. The van der Waals surface area contributed by atoms with Gasteiger partial charge in [0.05, 0.1) is 6.10 Å². The van der Waals surface area contributed by atoms with Crippen molar-refractivity contribution in [2.45, 2.75) is 44.2 Å². The van der Waals surface area contributed by atoms with E-state index in [-0.39, 0.29) is 5.75 Å². The van der Waals surface area contributed by atoms with Crippen LogP contribution in [-0.4, -0.2) is 27.9 Å². The Labute approximate surface area is 149 Å². The molecule has 25 heavy (non-hydrogen) atoms. The first-order chi connectivity index (χ1) is 12.0. The van der Waals surface area contributed by atoms with Crippen LogP contribution in [0.25, 0.3) is 0 Å². The minimum Gasteiger partial charge on any atom is -0.508 e. The molecule has 4 unspecified atom stereocenters. The summed E-state index contributed by atoms with van der Waals surface area (Å²) in [7, 11) is 0. The zero-order valence-corrected chi connectivity index (χ0v) is 14.6. The molecule has 0 aliphatic heterocycles. The molecule has 0 amide bonds. The van der Waals surface area contributed by atoms with Crippen LogP contribution in [0.4, 0.5) is 0 Å². The van der Waals surface area contributed by atoms with Crippen LogP contribution in [0.5, 0.6) is 11.5 Å². The number of aromatic hydroxyl groups is 2. The summed E-state index contributed by atoms with van der Waals surface area (Å²) in [4.78, 5) is 0. The van der Waals surface area contributed by atoms with Gasteiger partial charge in [-0.3, -0.25) is 0 Å². The number of hydrogen-bond acceptors (Lipinski definition) is 4. The van der Waals surface area contributed by atoms with Crippen LogP contribution >= 0.6 is 0 Å². The summed E-state index contributed by atoms with van der Waals surface area (Å²) in [6.07, 6.45) is 2.72. The molecule has 0 heterocycles. The molecule has 4 atom stereocenters. The first-order valence-electron chi connectivity index (χ1n) is 9.00. The normalized spacial score (nSPS) is 24.8. The second-order valence-corrected chi connectivity index (χ2v) is 7.31. The molecule has 4 heteroatoms. The van der Waals surface area contributed by atoms with Crippen LogP contribution in [0.1, 0.15) is 49.3 Å². The van der Waals surface area contributed by atoms with Crippen molar-refractivity contribution in [2.75, 3.05) is 6.54 Å². The van der Waals surface area contributed by atoms with E-state index in [1.54, 1.807) is 36.4 Å². The van der Waals surface area contributed by atoms with Gasteiger partial charge in [-0.25, -0.2) is 0 Å². The molecule has 0 aromatic heterocycles. The van der Waals surface area contributed by atoms with Crippen molar-refractivity contribution in [2.24, 2.45) is 5.92 Å². The zero-order chi connectivity index (χ0) is 17.8. The molecule has 3 rings (SSSR count). The largest absolute Gasteiger partial charge is 0.508 e. The van der Waals surface area contributed by atoms with Gasteiger partial charge in [-0.1, -0.05) is 31.2 Å². The predicted molar refractivity (Wildman–Crippen MR) is 98.7 cm³/mol. The van der Waals surface area contributed by atoms with Gasteiger partial charge in [0.2, 0.25) is 0 Å². The SMILES string of the molecule is CC1CC(NCC(O)c2ccc(O)cc2)CC(c2ccc(O)cc2)C1. The third-order valence-electron chi connectivity index (χ3n) is 5.19. The molecule has 2 aromatic rings. The second-order valence-electron chi connectivity index (χ2n) is 7.31. The quantitative estimate of drug-likeness (QED) is 0.669. The van der Waals surface area contributed by atoms with E-state index in [1.807, 2.05) is 12.1 Å². The van der Waals surface area contributed by atoms with Crippen molar-refractivity contribution in [3.05, 3.63) is 59.7 Å². The lowest BCUT2D eigenvalue weighted by Crippen LogP contribution is -2.38. The van der Waals surface area contributed by atoms with Crippen LogP contribution in [0.3, 0.4) is 0 Å². The zero-order valence-electron chi connectivity index (χ0n) is 14.6. The minimum atomic E-state index is -0.579. The summed E-state index contributed by atoms with van der Waals surface area (Å²) in [6.45, 7) is 2.78. The van der Waals surface area contributed by atoms with E-state index in [4.69, 9.17) is 0 Å². The van der Waals surface area contributed by atoms with E-state index in [2.05, 4.69) is 12.2 Å². The van der Waals surface area contributed by atoms with E-state index in [1.165, 1.54) is 5.56 Å². The van der Waals surface area contributed by atoms with Crippen LogP contribution in [0, 0.1) is 5.92 Å². The van der Waals surface area contributed by atoms with Crippen molar-refractivity contribution in [1.29, 1.82) is 0 Å². The average Bonchev–Trinajstić information content (AvgIpc) is 2.60. The molecule has 0 saturated heterocycles. The molecule has 4 N–H and O–H groups in total. The van der Waals surface area contributed by atoms with Gasteiger partial charge >= 0.3 is 0 Å². The van der Waals surface area contributed by atoms with E-state index >= 15 is 0 Å². The van der Waals surface area contributed by atoms with Crippen molar-refractivity contribution in [1.82, 2.24) is 5.32 Å². The lowest BCUT2D eigenvalue weighted by molar-refractivity contribution is 0.159. The average molecular weight is 341 g/mol. The highest BCUT2D eigenvalue weighted by Gasteiger charge is 2.27. The third kappa shape index (κ3) is 4.74. The maximum Gasteiger partial charge on any atom is 0.115 e. The molecule has 0 radical (unpaired) electrons. The van der Waals surface area contributed by atoms with Crippen molar-refractivity contribution < 1.29 is 15.3 Å². The number of rotatable bonds is 5. The first kappa shape index (κ1) is 17.8. The van der Waals surface area contributed by atoms with Crippen LogP contribution in [0.15, 0.2) is 48.5 Å². The molecule has 1 aliphatic rings. The van der Waals surface area contributed by atoms with Gasteiger partial charge in [0, 0.05) is 12.6 Å². The topological polar surface area (TPSA) is 72.7 Å². The summed E-state index contributed by atoms with van der Waals surface area (Å²) >= 11 is 0. The number of phenolic OH excluding ortho intramolecular Hbond substituents is 2. The smallest absolute Gasteiger partial charge is 0.115 e. The summed E-state index contributed by atoms with van der Waals surface area (Å²) in [5.74, 6) is 1.62. The van der Waals surface area contributed by atoms with Crippen molar-refractivity contribution >= 4 is 0 Å². The molecule has 4 nitrogen and oxygen atoms in total. The monoisotopic (exact) mass is 341 g/mol. The van der Waals surface area contributed by atoms with Crippen LogP contribution in [-0.2, 0) is 0 Å². The Hall–Kier alpha value is -2.04. The fourth-order valence-electron chi connectivity index (χ4n) is 3.88. The Bertz CT molecular complexity index is 669. The standard InChI is InChI=1S/C21H27NO3/c1-14-10-17(15-2-6-19(23)7-3-15)12-18(11-14)22-13-21(25)16-4-8-20(24)9-5-16/h2-9,14,17-18,21-25H,10-13H2,1H3. The lowest BCUT2D eigenvalue weighted by atomic mass is 9.76. The maximum absolute atomic E-state index is 10.3. The lowest BCUT2D eigenvalue weighted by Gasteiger charge is -2.34. The van der Waals surface area contributed by atoms with E-state index < -0.39 is 6.10 Å². The Morgan fingerprint density at radius 1 is 0.920 bits per heavy atom. The van der Waals surface area contributed by atoms with Crippen molar-refractivity contribution in [3.63, 3.8) is 0 Å². The van der Waals surface area contributed by atoms with Gasteiger partial charge in [-0.05, 0) is 66.5 Å². The second kappa shape index (κ2) is 7.89. The fourth-order valence-corrected chi connectivity index (χ4v) is 3.88. The van der Waals surface area contributed by atoms with Gasteiger partial charge in [0.15, 0.2) is 0 Å². The molecular weight excluding hydrogens is 314 g/mol. The highest BCUT2D eigenvalue weighted by atomic mass is 16.3. The predicted octanol–water partition coefficient (Wildman–Crippen LogP) is 3.69. The highest BCUT2D eigenvalue weighted by molar-refractivity contribution is 5.29. The number of nitrogens with one attached hydrogen (secondary N) is 1. The first-order valence-corrected chi connectivity index (χ1v) is 9.00. The molecule has 0 spiro atoms. The Balaban J connectivity index is 1.58. The molecule has 2 aromatic carbocycles. The summed E-state index contributed by atoms with van der Waals surface area (Å²) in [6, 6.07) is 14.6. The molecule has 1 aliphatic carbocycles. The molecule has 1 saturated carbocycles. The van der Waals surface area contributed by atoms with Crippen LogP contribution in [0.2, 0.25) is 0 Å². The Kier molecular flexibility index (Phi) is 5.61. The molecule has 134 valence electrons. The highest BCUT2D eigenvalue weighted by Crippen LogP contribution is 2.36. The van der Waals surface area contributed by atoms with Gasteiger partial charge in [0.1, 0.15) is 11.5 Å². The van der Waals surface area contributed by atoms with Crippen LogP contribution < -0.4 is 5.32 Å². The van der Waals surface area contributed by atoms with Gasteiger partial charge in [-0.2, -0.15) is 0 Å². The van der Waals surface area contributed by atoms with Gasteiger partial charge < -0.3 is 20.6 Å². The molecule has 1 fully saturated rings. The molecular formula is C21H27NO3. The summed E-state index contributed by atoms with van der Waals surface area (Å²) in [5.41, 5.74) is 2.08. The summed E-state index contributed by atoms with van der Waals surface area (Å²) in [5, 5.41) is 32.7. The number of hydrogen-bond donors (Lipinski definition) is 4. The Morgan fingerprint density at radius 2 is 1.52 bits per heavy atom. The minimum absolute atomic E-state index is 0.210. The van der Waals surface area contributed by atoms with E-state index in [0.29, 0.717) is 30.2 Å². The van der Waals surface area contributed by atoms with Crippen molar-refractivity contribution in [3.8, 4) is 11.5 Å². The van der Waals surface area contributed by atoms with E-state index in [9.17, 15) is 15.3 Å². The maximum atomic E-state index is 10.3. The van der Waals surface area contributed by atoms with Gasteiger partial charge in [0.25, 0.3) is 0 Å². The van der Waals surface area contributed by atoms with E-state index in [0.717, 1.165) is 24.8 Å². The Morgan fingerprint density at radius 3 is 2.16 bits per heavy atom. The summed E-state index contributed by atoms with van der Waals surface area (Å²) < 4.78 is 0. The fraction of sp³-hybridized carbons (Fsp3) is 0.429. The number of aliphatic hydroxyl groups is 1.